The van der Waals surface area contributed by atoms with Gasteiger partial charge in [-0.25, -0.2) is 18.1 Å². The van der Waals surface area contributed by atoms with Gasteiger partial charge >= 0.3 is 0 Å². The number of aromatic nitrogens is 3. The summed E-state index contributed by atoms with van der Waals surface area (Å²) in [7, 11) is -3.68. The first-order valence-electron chi connectivity index (χ1n) is 6.17. The minimum Gasteiger partial charge on any atom is -0.369 e. The molecule has 21 heavy (non-hydrogen) atoms. The van der Waals surface area contributed by atoms with Crippen molar-refractivity contribution in [1.82, 2.24) is 19.8 Å². The van der Waals surface area contributed by atoms with Crippen molar-refractivity contribution in [2.45, 2.75) is 18.2 Å². The topological polar surface area (TPSA) is 110 Å². The number of anilines is 1. The number of hydrogen-bond donors (Lipinski definition) is 2. The molecule has 0 saturated carbocycles. The maximum absolute atomic E-state index is 12.3. The van der Waals surface area contributed by atoms with E-state index in [9.17, 15) is 8.42 Å². The maximum atomic E-state index is 12.3. The van der Waals surface area contributed by atoms with E-state index in [0.29, 0.717) is 29.1 Å². The number of nitrogens with zero attached hydrogens (tertiary/aromatic N) is 3. The third-order valence-corrected chi connectivity index (χ3v) is 4.41. The van der Waals surface area contributed by atoms with Crippen molar-refractivity contribution in [3.05, 3.63) is 29.0 Å². The van der Waals surface area contributed by atoms with E-state index >= 15 is 0 Å². The highest BCUT2D eigenvalue weighted by atomic mass is 79.9. The molecular weight excluding hydrogens is 362 g/mol. The first-order valence-corrected chi connectivity index (χ1v) is 8.45. The zero-order chi connectivity index (χ0) is 15.3. The summed E-state index contributed by atoms with van der Waals surface area (Å²) in [6.45, 7) is 2.60. The van der Waals surface area contributed by atoms with Gasteiger partial charge < -0.3 is 9.84 Å². The quantitative estimate of drug-likeness (QED) is 0.747. The van der Waals surface area contributed by atoms with Gasteiger partial charge in [0.2, 0.25) is 16.4 Å². The molecule has 0 saturated heterocycles. The Morgan fingerprint density at radius 3 is 2.86 bits per heavy atom. The van der Waals surface area contributed by atoms with E-state index < -0.39 is 10.0 Å². The van der Waals surface area contributed by atoms with Crippen LogP contribution in [-0.2, 0) is 16.4 Å². The van der Waals surface area contributed by atoms with E-state index in [0.717, 1.165) is 0 Å². The van der Waals surface area contributed by atoms with Crippen LogP contribution >= 0.6 is 15.9 Å². The molecule has 0 amide bonds. The molecule has 0 fully saturated rings. The van der Waals surface area contributed by atoms with Gasteiger partial charge in [0.25, 0.3) is 0 Å². The van der Waals surface area contributed by atoms with Crippen molar-refractivity contribution < 1.29 is 12.9 Å². The Hall–Kier alpha value is -1.52. The van der Waals surface area contributed by atoms with Crippen LogP contribution in [0.25, 0.3) is 0 Å². The lowest BCUT2D eigenvalue weighted by atomic mass is 10.4. The molecule has 2 heterocycles. The summed E-state index contributed by atoms with van der Waals surface area (Å²) < 4.78 is 32.3. The Labute approximate surface area is 130 Å². The molecule has 2 N–H and O–H groups in total. The molecule has 114 valence electrons. The van der Waals surface area contributed by atoms with Crippen LogP contribution in [-0.4, -0.2) is 36.6 Å². The zero-order valence-corrected chi connectivity index (χ0v) is 13.6. The second-order valence-electron chi connectivity index (χ2n) is 4.03. The Bertz CT molecular complexity index is 690. The number of rotatable bonds is 7. The monoisotopic (exact) mass is 375 g/mol. The lowest BCUT2D eigenvalue weighted by molar-refractivity contribution is 0.410. The fraction of sp³-hybridized carbons (Fsp3) is 0.364. The molecule has 10 heteroatoms. The minimum atomic E-state index is -3.68. The summed E-state index contributed by atoms with van der Waals surface area (Å²) in [5.41, 5.74) is 0. The Morgan fingerprint density at radius 1 is 1.38 bits per heavy atom. The molecule has 2 aromatic rings. The summed E-state index contributed by atoms with van der Waals surface area (Å²) in [6, 6.07) is 1.50. The van der Waals surface area contributed by atoms with Gasteiger partial charge in [-0.1, -0.05) is 5.16 Å². The number of hydrogen-bond acceptors (Lipinski definition) is 7. The summed E-state index contributed by atoms with van der Waals surface area (Å²) in [4.78, 5) is 7.99. The fourth-order valence-electron chi connectivity index (χ4n) is 1.60. The maximum Gasteiger partial charge on any atom is 0.244 e. The third-order valence-electron chi connectivity index (χ3n) is 2.50. The number of sulfonamides is 1. The van der Waals surface area contributed by atoms with E-state index in [1.54, 1.807) is 0 Å². The SMILES string of the molecule is CCNc1ncc(Br)cc1S(=O)(=O)NCCc1ncon1. The minimum absolute atomic E-state index is 0.0897. The van der Waals surface area contributed by atoms with Gasteiger partial charge in [-0.15, -0.1) is 0 Å². The second kappa shape index (κ2) is 6.96. The van der Waals surface area contributed by atoms with Gasteiger partial charge in [0, 0.05) is 30.2 Å². The largest absolute Gasteiger partial charge is 0.369 e. The molecule has 2 rings (SSSR count). The van der Waals surface area contributed by atoms with Crippen LogP contribution in [0.1, 0.15) is 12.7 Å². The van der Waals surface area contributed by atoms with Crippen molar-refractivity contribution in [2.75, 3.05) is 18.4 Å². The molecule has 0 aliphatic heterocycles. The predicted octanol–water partition coefficient (Wildman–Crippen LogP) is 1.18. The molecule has 0 spiro atoms. The standard InChI is InChI=1S/C11H14BrN5O3S/c1-2-13-11-9(5-8(12)6-14-11)21(18,19)16-4-3-10-15-7-20-17-10/h5-7,16H,2-4H2,1H3,(H,13,14). The number of halogens is 1. The molecule has 0 atom stereocenters. The van der Waals surface area contributed by atoms with Crippen molar-refractivity contribution >= 4 is 31.8 Å². The number of pyridine rings is 1. The van der Waals surface area contributed by atoms with E-state index in [1.165, 1.54) is 18.7 Å². The van der Waals surface area contributed by atoms with Gasteiger partial charge in [0.15, 0.2) is 5.82 Å². The zero-order valence-electron chi connectivity index (χ0n) is 11.2. The van der Waals surface area contributed by atoms with Crippen molar-refractivity contribution in [3.63, 3.8) is 0 Å². The molecule has 0 bridgehead atoms. The Kier molecular flexibility index (Phi) is 5.26. The summed E-state index contributed by atoms with van der Waals surface area (Å²) in [5, 5.41) is 6.54. The molecule has 0 unspecified atom stereocenters. The van der Waals surface area contributed by atoms with Crippen LogP contribution in [0.15, 0.2) is 32.5 Å². The molecule has 8 nitrogen and oxygen atoms in total. The van der Waals surface area contributed by atoms with E-state index in [-0.39, 0.29) is 11.4 Å². The van der Waals surface area contributed by atoms with Crippen LogP contribution in [0, 0.1) is 0 Å². The Morgan fingerprint density at radius 2 is 2.19 bits per heavy atom. The third kappa shape index (κ3) is 4.22. The van der Waals surface area contributed by atoms with Crippen LogP contribution < -0.4 is 10.0 Å². The van der Waals surface area contributed by atoms with Crippen molar-refractivity contribution in [1.29, 1.82) is 0 Å². The smallest absolute Gasteiger partial charge is 0.244 e. The van der Waals surface area contributed by atoms with Gasteiger partial charge in [-0.05, 0) is 28.9 Å². The Balaban J connectivity index is 2.12. The van der Waals surface area contributed by atoms with Crippen LogP contribution in [0.2, 0.25) is 0 Å². The normalized spacial score (nSPS) is 11.5. The van der Waals surface area contributed by atoms with Crippen molar-refractivity contribution in [3.8, 4) is 0 Å². The highest BCUT2D eigenvalue weighted by Gasteiger charge is 2.20. The van der Waals surface area contributed by atoms with E-state index in [1.807, 2.05) is 6.92 Å². The number of nitrogens with one attached hydrogen (secondary N) is 2. The van der Waals surface area contributed by atoms with Crippen molar-refractivity contribution in [2.24, 2.45) is 0 Å². The van der Waals surface area contributed by atoms with E-state index in [2.05, 4.69) is 45.6 Å². The van der Waals surface area contributed by atoms with Crippen LogP contribution in [0.5, 0.6) is 0 Å². The lowest BCUT2D eigenvalue weighted by Gasteiger charge is -2.11. The average Bonchev–Trinajstić information content (AvgIpc) is 2.94. The second-order valence-corrected chi connectivity index (χ2v) is 6.68. The van der Waals surface area contributed by atoms with E-state index in [4.69, 9.17) is 0 Å². The average molecular weight is 376 g/mol. The molecule has 0 aromatic carbocycles. The van der Waals surface area contributed by atoms with Crippen LogP contribution in [0.3, 0.4) is 0 Å². The van der Waals surface area contributed by atoms with Gasteiger partial charge in [-0.2, -0.15) is 4.98 Å². The van der Waals surface area contributed by atoms with Gasteiger partial charge in [0.05, 0.1) is 0 Å². The summed E-state index contributed by atoms with van der Waals surface area (Å²) in [6.07, 6.45) is 3.08. The lowest BCUT2D eigenvalue weighted by Crippen LogP contribution is -2.27. The molecular formula is C11H14BrN5O3S. The highest BCUT2D eigenvalue weighted by Crippen LogP contribution is 2.22. The first kappa shape index (κ1) is 15.9. The van der Waals surface area contributed by atoms with Crippen LogP contribution in [0.4, 0.5) is 5.82 Å². The predicted molar refractivity (Wildman–Crippen MR) is 79.3 cm³/mol. The summed E-state index contributed by atoms with van der Waals surface area (Å²) in [5.74, 6) is 0.754. The first-order chi connectivity index (χ1) is 10.0. The van der Waals surface area contributed by atoms with Gasteiger partial charge in [-0.3, -0.25) is 0 Å². The fourth-order valence-corrected chi connectivity index (χ4v) is 3.27. The van der Waals surface area contributed by atoms with Gasteiger partial charge in [0.1, 0.15) is 10.7 Å². The molecule has 2 aromatic heterocycles. The molecule has 0 radical (unpaired) electrons. The molecule has 0 aliphatic carbocycles. The summed E-state index contributed by atoms with van der Waals surface area (Å²) >= 11 is 3.22. The molecule has 0 aliphatic rings. The highest BCUT2D eigenvalue weighted by molar-refractivity contribution is 9.10.